The lowest BCUT2D eigenvalue weighted by atomic mass is 10.2. The highest BCUT2D eigenvalue weighted by molar-refractivity contribution is 7.89. The van der Waals surface area contributed by atoms with E-state index in [0.717, 1.165) is 39.1 Å². The van der Waals surface area contributed by atoms with Crippen LogP contribution in [0.25, 0.3) is 0 Å². The van der Waals surface area contributed by atoms with Gasteiger partial charge >= 0.3 is 0 Å². The SMILES string of the molecule is C=CCNS(=O)(=O)c1cccc(C(=O)NCCCN2CCN(C)CC2)c1. The molecule has 7 nitrogen and oxygen atoms in total. The van der Waals surface area contributed by atoms with Gasteiger partial charge in [0.25, 0.3) is 5.91 Å². The largest absolute Gasteiger partial charge is 0.352 e. The maximum absolute atomic E-state index is 12.3. The number of carbonyl (C=O) groups is 1. The van der Waals surface area contributed by atoms with E-state index >= 15 is 0 Å². The van der Waals surface area contributed by atoms with E-state index in [1.807, 2.05) is 0 Å². The van der Waals surface area contributed by atoms with Crippen molar-refractivity contribution >= 4 is 15.9 Å². The number of sulfonamides is 1. The molecule has 1 fully saturated rings. The molecule has 1 aliphatic heterocycles. The molecule has 144 valence electrons. The lowest BCUT2D eigenvalue weighted by Crippen LogP contribution is -2.45. The minimum atomic E-state index is -3.63. The van der Waals surface area contributed by atoms with Crippen LogP contribution in [-0.4, -0.2) is 77.0 Å². The standard InChI is InChI=1S/C18H28N4O3S/c1-3-8-20-26(24,25)17-7-4-6-16(15-17)18(23)19-9-5-10-22-13-11-21(2)12-14-22/h3-4,6-7,15,20H,1,5,8-14H2,2H3,(H,19,23). The van der Waals surface area contributed by atoms with E-state index in [0.29, 0.717) is 12.1 Å². The molecule has 8 heteroatoms. The summed E-state index contributed by atoms with van der Waals surface area (Å²) in [5.74, 6) is -0.260. The van der Waals surface area contributed by atoms with Gasteiger partial charge in [0.15, 0.2) is 0 Å². The maximum atomic E-state index is 12.3. The van der Waals surface area contributed by atoms with E-state index in [2.05, 4.69) is 33.5 Å². The molecular formula is C18H28N4O3S. The van der Waals surface area contributed by atoms with Crippen LogP contribution in [0.1, 0.15) is 16.8 Å². The van der Waals surface area contributed by atoms with Crippen molar-refractivity contribution in [2.24, 2.45) is 0 Å². The molecule has 0 radical (unpaired) electrons. The van der Waals surface area contributed by atoms with Gasteiger partial charge in [0.1, 0.15) is 0 Å². The molecular weight excluding hydrogens is 352 g/mol. The molecule has 0 unspecified atom stereocenters. The van der Waals surface area contributed by atoms with Gasteiger partial charge in [-0.05, 0) is 38.2 Å². The molecule has 0 aliphatic carbocycles. The van der Waals surface area contributed by atoms with E-state index in [4.69, 9.17) is 0 Å². The molecule has 1 amide bonds. The van der Waals surface area contributed by atoms with Crippen LogP contribution in [-0.2, 0) is 10.0 Å². The van der Waals surface area contributed by atoms with E-state index < -0.39 is 10.0 Å². The molecule has 0 atom stereocenters. The van der Waals surface area contributed by atoms with Gasteiger partial charge in [-0.3, -0.25) is 4.79 Å². The highest BCUT2D eigenvalue weighted by Gasteiger charge is 2.16. The van der Waals surface area contributed by atoms with Crippen molar-refractivity contribution in [3.05, 3.63) is 42.5 Å². The molecule has 26 heavy (non-hydrogen) atoms. The fourth-order valence-corrected chi connectivity index (χ4v) is 3.78. The second kappa shape index (κ2) is 9.82. The Labute approximate surface area is 156 Å². The number of nitrogens with one attached hydrogen (secondary N) is 2. The molecule has 1 aromatic carbocycles. The lowest BCUT2D eigenvalue weighted by molar-refractivity contribution is 0.0949. The third-order valence-corrected chi connectivity index (χ3v) is 5.78. The minimum Gasteiger partial charge on any atom is -0.352 e. The molecule has 1 aromatic rings. The van der Waals surface area contributed by atoms with Crippen molar-refractivity contribution in [2.45, 2.75) is 11.3 Å². The molecule has 0 bridgehead atoms. The molecule has 0 aromatic heterocycles. The Hall–Kier alpha value is -1.74. The topological polar surface area (TPSA) is 81.7 Å². The molecule has 1 aliphatic rings. The summed E-state index contributed by atoms with van der Waals surface area (Å²) in [4.78, 5) is 17.0. The number of likely N-dealkylation sites (N-methyl/N-ethyl adjacent to an activating group) is 1. The van der Waals surface area contributed by atoms with Gasteiger partial charge in [0.05, 0.1) is 4.90 Å². The first-order valence-electron chi connectivity index (χ1n) is 8.82. The van der Waals surface area contributed by atoms with Gasteiger partial charge in [-0.25, -0.2) is 13.1 Å². The van der Waals surface area contributed by atoms with Crippen molar-refractivity contribution in [3.8, 4) is 0 Å². The number of amides is 1. The van der Waals surface area contributed by atoms with Crippen LogP contribution in [0.4, 0.5) is 0 Å². The Morgan fingerprint density at radius 1 is 1.27 bits per heavy atom. The number of rotatable bonds is 9. The quantitative estimate of drug-likeness (QED) is 0.482. The van der Waals surface area contributed by atoms with Gasteiger partial charge in [-0.15, -0.1) is 6.58 Å². The summed E-state index contributed by atoms with van der Waals surface area (Å²) in [6.07, 6.45) is 2.34. The number of hydrogen-bond donors (Lipinski definition) is 2. The average molecular weight is 381 g/mol. The Bertz CT molecular complexity index is 713. The molecule has 2 rings (SSSR count). The van der Waals surface area contributed by atoms with Crippen LogP contribution < -0.4 is 10.0 Å². The third-order valence-electron chi connectivity index (χ3n) is 4.36. The summed E-state index contributed by atoms with van der Waals surface area (Å²) in [6, 6.07) is 6.04. The number of hydrogen-bond acceptors (Lipinski definition) is 5. The molecule has 0 saturated carbocycles. The lowest BCUT2D eigenvalue weighted by Gasteiger charge is -2.32. The molecule has 0 spiro atoms. The van der Waals surface area contributed by atoms with Crippen LogP contribution in [0.3, 0.4) is 0 Å². The van der Waals surface area contributed by atoms with Crippen molar-refractivity contribution in [3.63, 3.8) is 0 Å². The van der Waals surface area contributed by atoms with Gasteiger partial charge < -0.3 is 15.1 Å². The van der Waals surface area contributed by atoms with E-state index in [9.17, 15) is 13.2 Å². The number of piperazine rings is 1. The first-order valence-corrected chi connectivity index (χ1v) is 10.3. The summed E-state index contributed by atoms with van der Waals surface area (Å²) < 4.78 is 26.6. The molecule has 2 N–H and O–H groups in total. The Morgan fingerprint density at radius 3 is 2.69 bits per heavy atom. The number of benzene rings is 1. The fourth-order valence-electron chi connectivity index (χ4n) is 2.73. The van der Waals surface area contributed by atoms with Crippen LogP contribution in [0, 0.1) is 0 Å². The first kappa shape index (κ1) is 20.6. The monoisotopic (exact) mass is 380 g/mol. The average Bonchev–Trinajstić information content (AvgIpc) is 2.65. The predicted octanol–water partition coefficient (Wildman–Crippen LogP) is 0.518. The van der Waals surface area contributed by atoms with Crippen molar-refractivity contribution < 1.29 is 13.2 Å². The Balaban J connectivity index is 1.82. The van der Waals surface area contributed by atoms with Gasteiger partial charge in [-0.2, -0.15) is 0 Å². The number of carbonyl (C=O) groups excluding carboxylic acids is 1. The highest BCUT2D eigenvalue weighted by atomic mass is 32.2. The summed E-state index contributed by atoms with van der Waals surface area (Å²) in [7, 11) is -1.51. The van der Waals surface area contributed by atoms with E-state index in [1.54, 1.807) is 12.1 Å². The second-order valence-electron chi connectivity index (χ2n) is 6.42. The van der Waals surface area contributed by atoms with Gasteiger partial charge in [-0.1, -0.05) is 12.1 Å². The zero-order valence-electron chi connectivity index (χ0n) is 15.3. The summed E-state index contributed by atoms with van der Waals surface area (Å²) >= 11 is 0. The van der Waals surface area contributed by atoms with Crippen LogP contribution in [0.15, 0.2) is 41.8 Å². The smallest absolute Gasteiger partial charge is 0.251 e. The van der Waals surface area contributed by atoms with Crippen molar-refractivity contribution in [1.29, 1.82) is 0 Å². The van der Waals surface area contributed by atoms with E-state index in [1.165, 1.54) is 18.2 Å². The zero-order valence-corrected chi connectivity index (χ0v) is 16.1. The van der Waals surface area contributed by atoms with Crippen LogP contribution in [0.2, 0.25) is 0 Å². The Morgan fingerprint density at radius 2 is 2.00 bits per heavy atom. The fraction of sp³-hybridized carbons (Fsp3) is 0.500. The van der Waals surface area contributed by atoms with Crippen molar-refractivity contribution in [2.75, 3.05) is 52.9 Å². The Kier molecular flexibility index (Phi) is 7.77. The molecule has 1 heterocycles. The maximum Gasteiger partial charge on any atom is 0.251 e. The highest BCUT2D eigenvalue weighted by Crippen LogP contribution is 2.11. The summed E-state index contributed by atoms with van der Waals surface area (Å²) in [5.41, 5.74) is 0.339. The zero-order chi connectivity index (χ0) is 19.0. The molecule has 1 saturated heterocycles. The first-order chi connectivity index (χ1) is 12.4. The van der Waals surface area contributed by atoms with Crippen LogP contribution in [0.5, 0.6) is 0 Å². The van der Waals surface area contributed by atoms with Crippen LogP contribution >= 0.6 is 0 Å². The minimum absolute atomic E-state index is 0.0736. The predicted molar refractivity (Wildman–Crippen MR) is 103 cm³/mol. The summed E-state index contributed by atoms with van der Waals surface area (Å²) in [5, 5.41) is 2.86. The summed E-state index contributed by atoms with van der Waals surface area (Å²) in [6.45, 7) is 9.42. The van der Waals surface area contributed by atoms with Gasteiger partial charge in [0.2, 0.25) is 10.0 Å². The third kappa shape index (κ3) is 6.21. The van der Waals surface area contributed by atoms with Gasteiger partial charge in [0, 0.05) is 44.8 Å². The normalized spacial score (nSPS) is 16.3. The second-order valence-corrected chi connectivity index (χ2v) is 8.19. The van der Waals surface area contributed by atoms with E-state index in [-0.39, 0.29) is 17.3 Å². The van der Waals surface area contributed by atoms with Crippen molar-refractivity contribution in [1.82, 2.24) is 19.8 Å². The number of nitrogens with zero attached hydrogens (tertiary/aromatic N) is 2.